The molecule has 0 radical (unpaired) electrons. The van der Waals surface area contributed by atoms with E-state index >= 15 is 0 Å². The number of thiophene rings is 1. The Labute approximate surface area is 113 Å². The number of likely N-dealkylation sites (tertiary alicyclic amines) is 1. The van der Waals surface area contributed by atoms with Gasteiger partial charge in [0.15, 0.2) is 0 Å². The highest BCUT2D eigenvalue weighted by molar-refractivity contribution is 9.11. The fraction of sp³-hybridized carbons (Fsp3) is 0.583. The molecule has 2 aliphatic heterocycles. The van der Waals surface area contributed by atoms with Gasteiger partial charge < -0.3 is 10.2 Å². The Hall–Kier alpha value is -0.390. The minimum atomic E-state index is 0.189. The Bertz CT molecular complexity index is 447. The topological polar surface area (TPSA) is 32.3 Å². The van der Waals surface area contributed by atoms with Gasteiger partial charge in [-0.05, 0) is 40.8 Å². The lowest BCUT2D eigenvalue weighted by molar-refractivity contribution is 0.0729. The molecule has 2 saturated heterocycles. The summed E-state index contributed by atoms with van der Waals surface area (Å²) < 4.78 is 1.02. The molecule has 3 nitrogen and oxygen atoms in total. The molecule has 92 valence electrons. The first kappa shape index (κ1) is 11.7. The first-order valence-corrected chi connectivity index (χ1v) is 7.60. The van der Waals surface area contributed by atoms with Crippen LogP contribution in [0.4, 0.5) is 0 Å². The zero-order valence-corrected chi connectivity index (χ0v) is 12.1. The quantitative estimate of drug-likeness (QED) is 0.862. The Kier molecular flexibility index (Phi) is 3.00. The van der Waals surface area contributed by atoms with Crippen molar-refractivity contribution in [2.45, 2.75) is 13.0 Å². The highest BCUT2D eigenvalue weighted by atomic mass is 79.9. The summed E-state index contributed by atoms with van der Waals surface area (Å²) in [6, 6.07) is 2.28. The molecule has 1 aromatic rings. The number of rotatable bonds is 1. The molecule has 0 saturated carbocycles. The van der Waals surface area contributed by atoms with E-state index in [1.165, 1.54) is 0 Å². The van der Waals surface area contributed by atoms with Crippen molar-refractivity contribution in [1.29, 1.82) is 0 Å². The molecule has 0 aliphatic carbocycles. The van der Waals surface area contributed by atoms with E-state index in [1.54, 1.807) is 11.3 Å². The number of fused-ring (bicyclic) bond motifs is 1. The monoisotopic (exact) mass is 314 g/mol. The Morgan fingerprint density at radius 1 is 1.59 bits per heavy atom. The largest absolute Gasteiger partial charge is 0.335 e. The van der Waals surface area contributed by atoms with E-state index in [1.807, 2.05) is 16.3 Å². The number of hydrogen-bond acceptors (Lipinski definition) is 3. The third-order valence-corrected chi connectivity index (χ3v) is 5.51. The van der Waals surface area contributed by atoms with Gasteiger partial charge in [-0.15, -0.1) is 11.3 Å². The van der Waals surface area contributed by atoms with Crippen LogP contribution in [0.25, 0.3) is 0 Å². The summed E-state index contributed by atoms with van der Waals surface area (Å²) in [5.74, 6) is 1.48. The maximum Gasteiger partial charge on any atom is 0.254 e. The van der Waals surface area contributed by atoms with Gasteiger partial charge >= 0.3 is 0 Å². The fourth-order valence-corrected chi connectivity index (χ4v) is 4.15. The predicted molar refractivity (Wildman–Crippen MR) is 72.4 cm³/mol. The van der Waals surface area contributed by atoms with Crippen LogP contribution in [-0.4, -0.2) is 36.5 Å². The number of nitrogens with zero attached hydrogens (tertiary/aromatic N) is 1. The van der Waals surface area contributed by atoms with Crippen molar-refractivity contribution in [2.24, 2.45) is 11.8 Å². The number of nitrogens with one attached hydrogen (secondary N) is 1. The average molecular weight is 315 g/mol. The third-order valence-electron chi connectivity index (χ3n) is 4.01. The van der Waals surface area contributed by atoms with Gasteiger partial charge in [-0.2, -0.15) is 0 Å². The normalized spacial score (nSPS) is 31.9. The van der Waals surface area contributed by atoms with Crippen LogP contribution in [0.2, 0.25) is 0 Å². The Morgan fingerprint density at radius 2 is 2.41 bits per heavy atom. The maximum atomic E-state index is 12.4. The second-order valence-electron chi connectivity index (χ2n) is 4.92. The Balaban J connectivity index is 1.79. The van der Waals surface area contributed by atoms with Crippen molar-refractivity contribution in [3.63, 3.8) is 0 Å². The molecule has 1 amide bonds. The summed E-state index contributed by atoms with van der Waals surface area (Å²) >= 11 is 4.98. The summed E-state index contributed by atoms with van der Waals surface area (Å²) in [4.78, 5) is 14.4. The second-order valence-corrected chi connectivity index (χ2v) is 7.21. The van der Waals surface area contributed by atoms with E-state index in [4.69, 9.17) is 0 Å². The van der Waals surface area contributed by atoms with Crippen LogP contribution in [0, 0.1) is 11.8 Å². The fourth-order valence-electron chi connectivity index (χ4n) is 3.02. The zero-order valence-electron chi connectivity index (χ0n) is 9.65. The summed E-state index contributed by atoms with van der Waals surface area (Å²) in [6.07, 6.45) is 0. The van der Waals surface area contributed by atoms with E-state index in [-0.39, 0.29) is 5.91 Å². The molecule has 17 heavy (non-hydrogen) atoms. The van der Waals surface area contributed by atoms with Gasteiger partial charge in [0.1, 0.15) is 0 Å². The molecule has 1 N–H and O–H groups in total. The second kappa shape index (κ2) is 4.37. The highest BCUT2D eigenvalue weighted by Gasteiger charge is 2.43. The molecule has 3 rings (SSSR count). The van der Waals surface area contributed by atoms with Crippen molar-refractivity contribution in [3.05, 3.63) is 20.8 Å². The van der Waals surface area contributed by atoms with Gasteiger partial charge in [-0.25, -0.2) is 0 Å². The molecule has 3 atom stereocenters. The van der Waals surface area contributed by atoms with Crippen LogP contribution >= 0.6 is 27.3 Å². The first-order chi connectivity index (χ1) is 8.16. The molecule has 0 bridgehead atoms. The first-order valence-electron chi connectivity index (χ1n) is 5.92. The zero-order chi connectivity index (χ0) is 12.0. The molecule has 0 aromatic carbocycles. The van der Waals surface area contributed by atoms with Crippen LogP contribution in [-0.2, 0) is 0 Å². The standard InChI is InChI=1S/C12H15BrN2OS/c1-7-10-4-14-3-9(10)5-15(7)12(16)8-2-11(13)17-6-8/h2,6-7,9-10,14H,3-5H2,1H3. The molecule has 1 aromatic heterocycles. The van der Waals surface area contributed by atoms with Gasteiger partial charge in [-0.1, -0.05) is 0 Å². The summed E-state index contributed by atoms with van der Waals surface area (Å²) in [7, 11) is 0. The van der Waals surface area contributed by atoms with Gasteiger partial charge in [0, 0.05) is 31.1 Å². The highest BCUT2D eigenvalue weighted by Crippen LogP contribution is 2.34. The van der Waals surface area contributed by atoms with Crippen LogP contribution in [0.5, 0.6) is 0 Å². The van der Waals surface area contributed by atoms with Crippen LogP contribution in [0.1, 0.15) is 17.3 Å². The molecule has 2 fully saturated rings. The van der Waals surface area contributed by atoms with Crippen LogP contribution in [0.15, 0.2) is 15.2 Å². The van der Waals surface area contributed by atoms with E-state index in [0.29, 0.717) is 17.9 Å². The van der Waals surface area contributed by atoms with E-state index in [2.05, 4.69) is 28.2 Å². The third kappa shape index (κ3) is 1.94. The lowest BCUT2D eigenvalue weighted by Gasteiger charge is -2.24. The van der Waals surface area contributed by atoms with Crippen molar-refractivity contribution in [2.75, 3.05) is 19.6 Å². The van der Waals surface area contributed by atoms with Gasteiger partial charge in [0.2, 0.25) is 0 Å². The van der Waals surface area contributed by atoms with E-state index < -0.39 is 0 Å². The van der Waals surface area contributed by atoms with Gasteiger partial charge in [0.05, 0.1) is 9.35 Å². The van der Waals surface area contributed by atoms with Crippen molar-refractivity contribution >= 4 is 33.2 Å². The SMILES string of the molecule is CC1C2CNCC2CN1C(=O)c1csc(Br)c1. The minimum absolute atomic E-state index is 0.189. The van der Waals surface area contributed by atoms with Crippen molar-refractivity contribution in [3.8, 4) is 0 Å². The lowest BCUT2D eigenvalue weighted by Crippen LogP contribution is -2.37. The van der Waals surface area contributed by atoms with Crippen LogP contribution < -0.4 is 5.32 Å². The molecule has 5 heteroatoms. The van der Waals surface area contributed by atoms with E-state index in [9.17, 15) is 4.79 Å². The number of amides is 1. The molecule has 3 unspecified atom stereocenters. The van der Waals surface area contributed by atoms with E-state index in [0.717, 1.165) is 29.0 Å². The smallest absolute Gasteiger partial charge is 0.254 e. The van der Waals surface area contributed by atoms with Crippen molar-refractivity contribution in [1.82, 2.24) is 10.2 Å². The maximum absolute atomic E-state index is 12.4. The summed E-state index contributed by atoms with van der Waals surface area (Å²) in [5, 5.41) is 5.35. The minimum Gasteiger partial charge on any atom is -0.335 e. The van der Waals surface area contributed by atoms with Gasteiger partial charge in [-0.3, -0.25) is 4.79 Å². The van der Waals surface area contributed by atoms with Gasteiger partial charge in [0.25, 0.3) is 5.91 Å². The van der Waals surface area contributed by atoms with Crippen LogP contribution in [0.3, 0.4) is 0 Å². The van der Waals surface area contributed by atoms with Crippen molar-refractivity contribution < 1.29 is 4.79 Å². The average Bonchev–Trinajstić information content (AvgIpc) is 2.96. The Morgan fingerprint density at radius 3 is 3.06 bits per heavy atom. The molecule has 3 heterocycles. The number of hydrogen-bond donors (Lipinski definition) is 1. The number of carbonyl (C=O) groups excluding carboxylic acids is 1. The molecule has 2 aliphatic rings. The lowest BCUT2D eigenvalue weighted by atomic mass is 9.95. The molecule has 0 spiro atoms. The predicted octanol–water partition coefficient (Wildman–Crippen LogP) is 2.19. The molecular weight excluding hydrogens is 300 g/mol. The summed E-state index contributed by atoms with van der Waals surface area (Å²) in [6.45, 7) is 5.21. The summed E-state index contributed by atoms with van der Waals surface area (Å²) in [5.41, 5.74) is 0.821. The number of carbonyl (C=O) groups is 1. The molecular formula is C12H15BrN2OS. The number of halogens is 1.